The van der Waals surface area contributed by atoms with E-state index >= 15 is 4.39 Å². The lowest BCUT2D eigenvalue weighted by molar-refractivity contribution is -0.126. The fourth-order valence-corrected chi connectivity index (χ4v) is 4.97. The largest absolute Gasteiger partial charge is 0.436 e. The molecule has 0 unspecified atom stereocenters. The van der Waals surface area contributed by atoms with Gasteiger partial charge in [-0.1, -0.05) is 44.7 Å². The number of piperazine rings is 1. The zero-order valence-electron chi connectivity index (χ0n) is 22.5. The van der Waals surface area contributed by atoms with Gasteiger partial charge in [0.2, 0.25) is 5.91 Å². The van der Waals surface area contributed by atoms with Crippen LogP contribution in [0.1, 0.15) is 30.9 Å². The number of amides is 1. The highest BCUT2D eigenvalue weighted by molar-refractivity contribution is 5.90. The van der Waals surface area contributed by atoms with Gasteiger partial charge in [0.1, 0.15) is 17.4 Å². The van der Waals surface area contributed by atoms with Crippen LogP contribution in [-0.2, 0) is 4.79 Å². The Hall–Kier alpha value is -4.60. The Labute approximate surface area is 230 Å². The molecule has 1 saturated heterocycles. The first-order valence-corrected chi connectivity index (χ1v) is 13.0. The van der Waals surface area contributed by atoms with E-state index in [1.807, 2.05) is 43.9 Å². The molecule has 1 amide bonds. The fourth-order valence-electron chi connectivity index (χ4n) is 4.97. The van der Waals surface area contributed by atoms with Gasteiger partial charge >= 0.3 is 5.69 Å². The van der Waals surface area contributed by atoms with E-state index in [1.54, 1.807) is 4.90 Å². The van der Waals surface area contributed by atoms with Crippen molar-refractivity contribution in [3.63, 3.8) is 0 Å². The number of benzene rings is 2. The first-order valence-electron chi connectivity index (χ1n) is 13.0. The number of rotatable bonds is 6. The van der Waals surface area contributed by atoms with Gasteiger partial charge in [-0.15, -0.1) is 0 Å². The molecule has 8 nitrogen and oxygen atoms in total. The van der Waals surface area contributed by atoms with Crippen LogP contribution >= 0.6 is 0 Å². The molecule has 0 N–H and O–H groups in total. The van der Waals surface area contributed by atoms with Crippen molar-refractivity contribution >= 4 is 22.8 Å². The van der Waals surface area contributed by atoms with E-state index in [9.17, 15) is 14.0 Å². The monoisotopic (exact) mass is 545 g/mol. The summed E-state index contributed by atoms with van der Waals surface area (Å²) >= 11 is 0. The van der Waals surface area contributed by atoms with Gasteiger partial charge in [-0.25, -0.2) is 18.1 Å². The number of carbonyl (C=O) groups excluding carboxylic acids is 1. The van der Waals surface area contributed by atoms with E-state index in [1.165, 1.54) is 34.9 Å². The second-order valence-corrected chi connectivity index (χ2v) is 9.94. The maximum atomic E-state index is 15.5. The fraction of sp³-hybridized carbons (Fsp3) is 0.267. The average Bonchev–Trinajstić information content (AvgIpc) is 2.93. The van der Waals surface area contributed by atoms with Gasteiger partial charge < -0.3 is 14.5 Å². The zero-order chi connectivity index (χ0) is 28.6. The SMILES string of the molecule is C=CC(=O)N1CCN(c2nc(=O)n(-c3c(C)cccc3C(C)C)c3nc(Oc4cccc(F)c4)c(F)cc23)CC1. The highest BCUT2D eigenvalue weighted by Crippen LogP contribution is 2.33. The minimum absolute atomic E-state index is 0.0652. The van der Waals surface area contributed by atoms with Crippen molar-refractivity contribution < 1.29 is 18.3 Å². The molecule has 0 atom stereocenters. The standard InChI is InChI=1S/C30H29F2N5O3/c1-5-25(38)35-12-14-36(15-13-35)27-23-17-24(32)29(40-21-10-7-9-20(31)16-21)33-28(23)37(30(39)34-27)26-19(4)8-6-11-22(26)18(2)3/h5-11,16-18H,1,12-15H2,2-4H3. The van der Waals surface area contributed by atoms with Gasteiger partial charge in [-0.3, -0.25) is 4.79 Å². The summed E-state index contributed by atoms with van der Waals surface area (Å²) in [5, 5.41) is 0.310. The molecule has 3 heterocycles. The lowest BCUT2D eigenvalue weighted by atomic mass is 9.98. The number of pyridine rings is 1. The predicted octanol–water partition coefficient (Wildman–Crippen LogP) is 5.12. The molecular weight excluding hydrogens is 516 g/mol. The minimum atomic E-state index is -0.792. The second-order valence-electron chi connectivity index (χ2n) is 9.94. The van der Waals surface area contributed by atoms with E-state index in [-0.39, 0.29) is 29.0 Å². The Morgan fingerprint density at radius 2 is 1.77 bits per heavy atom. The Kier molecular flexibility index (Phi) is 7.34. The normalized spacial score (nSPS) is 13.7. The number of ether oxygens (including phenoxy) is 1. The maximum Gasteiger partial charge on any atom is 0.355 e. The molecule has 0 spiro atoms. The molecule has 0 radical (unpaired) electrons. The van der Waals surface area contributed by atoms with Gasteiger partial charge in [-0.05, 0) is 48.2 Å². The van der Waals surface area contributed by atoms with Crippen LogP contribution in [0.3, 0.4) is 0 Å². The smallest absolute Gasteiger partial charge is 0.355 e. The Balaban J connectivity index is 1.72. The van der Waals surface area contributed by atoms with Gasteiger partial charge in [0.25, 0.3) is 5.88 Å². The quantitative estimate of drug-likeness (QED) is 0.313. The third-order valence-electron chi connectivity index (χ3n) is 6.96. The topological polar surface area (TPSA) is 80.6 Å². The molecule has 206 valence electrons. The molecular formula is C30H29F2N5O3. The first-order chi connectivity index (χ1) is 19.2. The predicted molar refractivity (Wildman–Crippen MR) is 149 cm³/mol. The molecule has 10 heteroatoms. The lowest BCUT2D eigenvalue weighted by Crippen LogP contribution is -2.49. The maximum absolute atomic E-state index is 15.5. The average molecular weight is 546 g/mol. The van der Waals surface area contributed by atoms with Crippen LogP contribution in [-0.4, -0.2) is 51.5 Å². The second kappa shape index (κ2) is 10.9. The van der Waals surface area contributed by atoms with Crippen molar-refractivity contribution in [2.24, 2.45) is 0 Å². The number of halogens is 2. The van der Waals surface area contributed by atoms with E-state index in [4.69, 9.17) is 4.74 Å². The van der Waals surface area contributed by atoms with Crippen molar-refractivity contribution in [3.8, 4) is 17.3 Å². The number of aromatic nitrogens is 3. The summed E-state index contributed by atoms with van der Waals surface area (Å²) < 4.78 is 36.3. The number of nitrogens with zero attached hydrogens (tertiary/aromatic N) is 5. The molecule has 0 aliphatic carbocycles. The van der Waals surface area contributed by atoms with Crippen molar-refractivity contribution in [1.29, 1.82) is 0 Å². The molecule has 40 heavy (non-hydrogen) atoms. The molecule has 1 aliphatic rings. The van der Waals surface area contributed by atoms with E-state index in [0.29, 0.717) is 37.3 Å². The number of fused-ring (bicyclic) bond motifs is 1. The summed E-state index contributed by atoms with van der Waals surface area (Å²) in [6, 6.07) is 12.3. The number of hydrogen-bond donors (Lipinski definition) is 0. The Morgan fingerprint density at radius 3 is 2.45 bits per heavy atom. The molecule has 5 rings (SSSR count). The van der Waals surface area contributed by atoms with E-state index < -0.39 is 23.2 Å². The molecule has 1 fully saturated rings. The summed E-state index contributed by atoms with van der Waals surface area (Å²) in [6.45, 7) is 11.0. The Morgan fingerprint density at radius 1 is 1.05 bits per heavy atom. The minimum Gasteiger partial charge on any atom is -0.436 e. The lowest BCUT2D eigenvalue weighted by Gasteiger charge is -2.35. The number of aryl methyl sites for hydroxylation is 1. The number of para-hydroxylation sites is 1. The first kappa shape index (κ1) is 27.0. The third-order valence-corrected chi connectivity index (χ3v) is 6.96. The van der Waals surface area contributed by atoms with Crippen molar-refractivity contribution in [1.82, 2.24) is 19.4 Å². The third kappa shape index (κ3) is 5.04. The molecule has 0 bridgehead atoms. The number of hydrogen-bond acceptors (Lipinski definition) is 6. The summed E-state index contributed by atoms with van der Waals surface area (Å²) in [7, 11) is 0. The van der Waals surface area contributed by atoms with Crippen LogP contribution in [0.15, 0.2) is 66.0 Å². The van der Waals surface area contributed by atoms with E-state index in [0.717, 1.165) is 17.2 Å². The van der Waals surface area contributed by atoms with Gasteiger partial charge in [0, 0.05) is 32.2 Å². The van der Waals surface area contributed by atoms with Crippen LogP contribution in [0.25, 0.3) is 16.7 Å². The highest BCUT2D eigenvalue weighted by Gasteiger charge is 2.26. The van der Waals surface area contributed by atoms with Crippen LogP contribution in [0, 0.1) is 18.6 Å². The molecule has 0 saturated carbocycles. The van der Waals surface area contributed by atoms with Crippen LogP contribution in [0.2, 0.25) is 0 Å². The van der Waals surface area contributed by atoms with Crippen molar-refractivity contribution in [2.75, 3.05) is 31.1 Å². The number of carbonyl (C=O) groups is 1. The van der Waals surface area contributed by atoms with Crippen LogP contribution in [0.4, 0.5) is 14.6 Å². The number of anilines is 1. The summed E-state index contributed by atoms with van der Waals surface area (Å²) in [5.74, 6) is -1.52. The molecule has 4 aromatic rings. The van der Waals surface area contributed by atoms with Crippen molar-refractivity contribution in [3.05, 3.63) is 94.4 Å². The van der Waals surface area contributed by atoms with Gasteiger partial charge in [0.15, 0.2) is 11.5 Å². The Bertz CT molecular complexity index is 1680. The van der Waals surface area contributed by atoms with Crippen LogP contribution < -0.4 is 15.3 Å². The zero-order valence-corrected chi connectivity index (χ0v) is 22.5. The van der Waals surface area contributed by atoms with E-state index in [2.05, 4.69) is 16.5 Å². The molecule has 1 aliphatic heterocycles. The summed E-state index contributed by atoms with van der Waals surface area (Å²) in [5.41, 5.74) is 1.90. The van der Waals surface area contributed by atoms with Crippen LogP contribution in [0.5, 0.6) is 11.6 Å². The summed E-state index contributed by atoms with van der Waals surface area (Å²) in [6.07, 6.45) is 1.26. The summed E-state index contributed by atoms with van der Waals surface area (Å²) in [4.78, 5) is 38.2. The highest BCUT2D eigenvalue weighted by atomic mass is 19.1. The molecule has 2 aromatic carbocycles. The van der Waals surface area contributed by atoms with Crippen molar-refractivity contribution in [2.45, 2.75) is 26.7 Å². The van der Waals surface area contributed by atoms with Gasteiger partial charge in [0.05, 0.1) is 11.1 Å². The van der Waals surface area contributed by atoms with Gasteiger partial charge in [-0.2, -0.15) is 9.97 Å². The molecule has 2 aromatic heterocycles.